The predicted molar refractivity (Wildman–Crippen MR) is 119 cm³/mol. The van der Waals surface area contributed by atoms with Crippen LogP contribution in [0.3, 0.4) is 0 Å². The number of amides is 2. The molecule has 1 heterocycles. The van der Waals surface area contributed by atoms with Crippen LogP contribution in [0.1, 0.15) is 43.7 Å². The molecule has 7 heteroatoms. The van der Waals surface area contributed by atoms with Crippen LogP contribution in [0.15, 0.2) is 48.5 Å². The van der Waals surface area contributed by atoms with E-state index < -0.39 is 23.5 Å². The van der Waals surface area contributed by atoms with E-state index in [9.17, 15) is 19.5 Å². The van der Waals surface area contributed by atoms with Crippen LogP contribution in [0.2, 0.25) is 0 Å². The molecule has 1 aliphatic carbocycles. The molecular weight excluding hydrogens is 408 g/mol. The standard InChI is InChI=1S/C25H28N2O5/c1-25(2,23(30)27-13-7-8-16(14-27)22(28)29)26-24(31)32-15-21-19-11-5-3-9-17(19)18-10-4-6-12-20(18)21/h3-6,9-12,16,21H,7-8,13-15H2,1-2H3,(H,26,31)(H,28,29). The van der Waals surface area contributed by atoms with Crippen LogP contribution < -0.4 is 5.32 Å². The van der Waals surface area contributed by atoms with Crippen molar-refractivity contribution in [1.82, 2.24) is 10.2 Å². The van der Waals surface area contributed by atoms with E-state index in [1.807, 2.05) is 36.4 Å². The molecule has 2 aromatic rings. The van der Waals surface area contributed by atoms with Crippen molar-refractivity contribution < 1.29 is 24.2 Å². The Kier molecular flexibility index (Phi) is 5.91. The first-order chi connectivity index (χ1) is 15.3. The molecule has 1 fully saturated rings. The van der Waals surface area contributed by atoms with Gasteiger partial charge in [-0.05, 0) is 48.9 Å². The number of carboxylic acid groups (broad SMARTS) is 1. The van der Waals surface area contributed by atoms with Gasteiger partial charge in [0.2, 0.25) is 5.91 Å². The molecule has 2 amide bonds. The van der Waals surface area contributed by atoms with Gasteiger partial charge in [0.15, 0.2) is 0 Å². The lowest BCUT2D eigenvalue weighted by molar-refractivity contribution is -0.147. The van der Waals surface area contributed by atoms with Gasteiger partial charge in [0.1, 0.15) is 12.1 Å². The predicted octanol–water partition coefficient (Wildman–Crippen LogP) is 3.63. The number of hydrogen-bond acceptors (Lipinski definition) is 4. The quantitative estimate of drug-likeness (QED) is 0.746. The molecule has 0 saturated carbocycles. The molecule has 0 aromatic heterocycles. The summed E-state index contributed by atoms with van der Waals surface area (Å²) in [6, 6.07) is 16.2. The van der Waals surface area contributed by atoms with Crippen molar-refractivity contribution in [2.24, 2.45) is 5.92 Å². The number of nitrogens with zero attached hydrogens (tertiary/aromatic N) is 1. The molecule has 0 radical (unpaired) electrons. The lowest BCUT2D eigenvalue weighted by Crippen LogP contribution is -2.58. The number of benzene rings is 2. The third-order valence-corrected chi connectivity index (χ3v) is 6.35. The van der Waals surface area contributed by atoms with E-state index >= 15 is 0 Å². The SMILES string of the molecule is CC(C)(NC(=O)OCC1c2ccccc2-c2ccccc21)C(=O)N1CCCC(C(=O)O)C1. The van der Waals surface area contributed by atoms with Crippen molar-refractivity contribution in [3.8, 4) is 11.1 Å². The van der Waals surface area contributed by atoms with E-state index in [1.165, 1.54) is 4.90 Å². The molecule has 2 aliphatic rings. The van der Waals surface area contributed by atoms with E-state index in [2.05, 4.69) is 17.4 Å². The summed E-state index contributed by atoms with van der Waals surface area (Å²) in [4.78, 5) is 38.4. The van der Waals surface area contributed by atoms with Crippen molar-refractivity contribution >= 4 is 18.0 Å². The molecule has 0 spiro atoms. The highest BCUT2D eigenvalue weighted by Crippen LogP contribution is 2.44. The van der Waals surface area contributed by atoms with E-state index in [1.54, 1.807) is 13.8 Å². The second-order valence-electron chi connectivity index (χ2n) is 9.00. The van der Waals surface area contributed by atoms with Crippen LogP contribution in [0, 0.1) is 5.92 Å². The van der Waals surface area contributed by atoms with Crippen LogP contribution in [0.4, 0.5) is 4.79 Å². The van der Waals surface area contributed by atoms with Gasteiger partial charge in [-0.15, -0.1) is 0 Å². The van der Waals surface area contributed by atoms with Gasteiger partial charge in [0, 0.05) is 19.0 Å². The summed E-state index contributed by atoms with van der Waals surface area (Å²) in [6.07, 6.45) is 0.514. The number of aliphatic carboxylic acids is 1. The lowest BCUT2D eigenvalue weighted by Gasteiger charge is -2.36. The summed E-state index contributed by atoms with van der Waals surface area (Å²) >= 11 is 0. The summed E-state index contributed by atoms with van der Waals surface area (Å²) in [5, 5.41) is 11.9. The Hall–Kier alpha value is -3.35. The molecule has 2 aromatic carbocycles. The molecule has 1 atom stereocenters. The number of fused-ring (bicyclic) bond motifs is 3. The first-order valence-electron chi connectivity index (χ1n) is 10.9. The van der Waals surface area contributed by atoms with Crippen molar-refractivity contribution in [3.63, 3.8) is 0 Å². The summed E-state index contributed by atoms with van der Waals surface area (Å²) in [5.41, 5.74) is 3.31. The number of rotatable bonds is 5. The molecule has 7 nitrogen and oxygen atoms in total. The van der Waals surface area contributed by atoms with Crippen molar-refractivity contribution in [2.45, 2.75) is 38.1 Å². The number of ether oxygens (including phenoxy) is 1. The van der Waals surface area contributed by atoms with Gasteiger partial charge < -0.3 is 20.1 Å². The summed E-state index contributed by atoms with van der Waals surface area (Å²) < 4.78 is 5.56. The van der Waals surface area contributed by atoms with E-state index in [-0.39, 0.29) is 25.0 Å². The van der Waals surface area contributed by atoms with E-state index in [4.69, 9.17) is 4.74 Å². The van der Waals surface area contributed by atoms with Crippen LogP contribution in [-0.4, -0.2) is 53.2 Å². The molecule has 4 rings (SSSR count). The maximum absolute atomic E-state index is 13.0. The smallest absolute Gasteiger partial charge is 0.408 e. The Bertz CT molecular complexity index is 1000. The largest absolute Gasteiger partial charge is 0.481 e. The lowest BCUT2D eigenvalue weighted by atomic mass is 9.95. The zero-order chi connectivity index (χ0) is 22.9. The van der Waals surface area contributed by atoms with Crippen molar-refractivity contribution in [2.75, 3.05) is 19.7 Å². The number of alkyl carbamates (subject to hydrolysis) is 1. The van der Waals surface area contributed by atoms with Gasteiger partial charge in [0.05, 0.1) is 5.92 Å². The Morgan fingerprint density at radius 3 is 2.25 bits per heavy atom. The second kappa shape index (κ2) is 8.65. The summed E-state index contributed by atoms with van der Waals surface area (Å²) in [6.45, 7) is 4.03. The fourth-order valence-electron chi connectivity index (χ4n) is 4.70. The van der Waals surface area contributed by atoms with Crippen LogP contribution >= 0.6 is 0 Å². The normalized spacial score (nSPS) is 17.9. The molecule has 2 N–H and O–H groups in total. The number of carbonyl (C=O) groups excluding carboxylic acids is 2. The topological polar surface area (TPSA) is 95.9 Å². The zero-order valence-electron chi connectivity index (χ0n) is 18.3. The molecule has 0 bridgehead atoms. The molecule has 168 valence electrons. The average molecular weight is 437 g/mol. The fourth-order valence-corrected chi connectivity index (χ4v) is 4.70. The number of carbonyl (C=O) groups is 3. The zero-order valence-corrected chi connectivity index (χ0v) is 18.3. The van der Waals surface area contributed by atoms with Gasteiger partial charge in [0.25, 0.3) is 0 Å². The number of likely N-dealkylation sites (tertiary alicyclic amines) is 1. The Morgan fingerprint density at radius 2 is 1.66 bits per heavy atom. The molecule has 1 unspecified atom stereocenters. The van der Waals surface area contributed by atoms with Gasteiger partial charge in [-0.25, -0.2) is 4.79 Å². The van der Waals surface area contributed by atoms with E-state index in [0.29, 0.717) is 19.4 Å². The molecule has 32 heavy (non-hydrogen) atoms. The minimum absolute atomic E-state index is 0.0645. The van der Waals surface area contributed by atoms with Crippen molar-refractivity contribution in [3.05, 3.63) is 59.7 Å². The molecule has 1 saturated heterocycles. The minimum atomic E-state index is -1.21. The molecular formula is C25H28N2O5. The second-order valence-corrected chi connectivity index (χ2v) is 9.00. The Morgan fingerprint density at radius 1 is 1.06 bits per heavy atom. The Labute approximate surface area is 187 Å². The highest BCUT2D eigenvalue weighted by atomic mass is 16.5. The third kappa shape index (κ3) is 4.20. The fraction of sp³-hybridized carbons (Fsp3) is 0.400. The number of nitrogens with one attached hydrogen (secondary N) is 1. The van der Waals surface area contributed by atoms with Gasteiger partial charge in [-0.2, -0.15) is 0 Å². The van der Waals surface area contributed by atoms with Gasteiger partial charge >= 0.3 is 12.1 Å². The van der Waals surface area contributed by atoms with Crippen molar-refractivity contribution in [1.29, 1.82) is 0 Å². The Balaban J connectivity index is 1.40. The third-order valence-electron chi connectivity index (χ3n) is 6.35. The maximum Gasteiger partial charge on any atom is 0.408 e. The first-order valence-corrected chi connectivity index (χ1v) is 10.9. The van der Waals surface area contributed by atoms with Gasteiger partial charge in [-0.1, -0.05) is 48.5 Å². The number of hydrogen-bond donors (Lipinski definition) is 2. The first kappa shape index (κ1) is 21.9. The number of carboxylic acids is 1. The summed E-state index contributed by atoms with van der Waals surface area (Å²) in [5.74, 6) is -1.84. The highest BCUT2D eigenvalue weighted by molar-refractivity contribution is 5.89. The monoisotopic (exact) mass is 436 g/mol. The summed E-state index contributed by atoms with van der Waals surface area (Å²) in [7, 11) is 0. The average Bonchev–Trinajstić information content (AvgIpc) is 3.10. The van der Waals surface area contributed by atoms with Crippen LogP contribution in [0.5, 0.6) is 0 Å². The molecule has 1 aliphatic heterocycles. The minimum Gasteiger partial charge on any atom is -0.481 e. The maximum atomic E-state index is 13.0. The number of piperidine rings is 1. The van der Waals surface area contributed by atoms with E-state index in [0.717, 1.165) is 22.3 Å². The highest BCUT2D eigenvalue weighted by Gasteiger charge is 2.38. The van der Waals surface area contributed by atoms with Crippen LogP contribution in [0.25, 0.3) is 11.1 Å². The van der Waals surface area contributed by atoms with Gasteiger partial charge in [-0.3, -0.25) is 9.59 Å². The van der Waals surface area contributed by atoms with Crippen LogP contribution in [-0.2, 0) is 14.3 Å².